The Labute approximate surface area is 103 Å². The van der Waals surface area contributed by atoms with Crippen molar-refractivity contribution in [1.29, 1.82) is 0 Å². The topological polar surface area (TPSA) is 72.3 Å². The minimum absolute atomic E-state index is 0.0284. The summed E-state index contributed by atoms with van der Waals surface area (Å²) < 4.78 is 0. The fraction of sp³-hybridized carbons (Fsp3) is 0.462. The maximum Gasteiger partial charge on any atom is 0.256 e. The maximum atomic E-state index is 12.3. The van der Waals surface area contributed by atoms with Gasteiger partial charge in [-0.05, 0) is 38.5 Å². The second-order valence-corrected chi connectivity index (χ2v) is 4.20. The summed E-state index contributed by atoms with van der Waals surface area (Å²) in [5, 5.41) is 0. The van der Waals surface area contributed by atoms with Crippen molar-refractivity contribution in [2.75, 3.05) is 18.0 Å². The molecule has 1 atom stereocenters. The zero-order chi connectivity index (χ0) is 13.0. The van der Waals surface area contributed by atoms with Crippen LogP contribution >= 0.6 is 0 Å². The van der Waals surface area contributed by atoms with Crippen LogP contribution in [0, 0.1) is 0 Å². The van der Waals surface area contributed by atoms with Crippen LogP contribution in [0.5, 0.6) is 0 Å². The summed E-state index contributed by atoms with van der Waals surface area (Å²) in [5.41, 5.74) is 13.0. The predicted octanol–water partition coefficient (Wildman–Crippen LogP) is 2.11. The molecule has 0 radical (unpaired) electrons. The standard InChI is InChI=1S/C13H21N3O/c1-4-9(3)16(5-2)13(17)11-7-6-10(14)8-12(11)15/h6-9H,4-5,14-15H2,1-3H3. The van der Waals surface area contributed by atoms with Gasteiger partial charge in [-0.3, -0.25) is 4.79 Å². The number of anilines is 2. The number of hydrogen-bond donors (Lipinski definition) is 2. The van der Waals surface area contributed by atoms with Crippen molar-refractivity contribution in [3.63, 3.8) is 0 Å². The number of nitrogens with zero attached hydrogens (tertiary/aromatic N) is 1. The minimum Gasteiger partial charge on any atom is -0.399 e. The normalized spacial score (nSPS) is 12.2. The molecule has 4 nitrogen and oxygen atoms in total. The molecule has 0 bridgehead atoms. The average molecular weight is 235 g/mol. The van der Waals surface area contributed by atoms with Crippen LogP contribution in [0.3, 0.4) is 0 Å². The second-order valence-electron chi connectivity index (χ2n) is 4.20. The largest absolute Gasteiger partial charge is 0.399 e. The highest BCUT2D eigenvalue weighted by molar-refractivity contribution is 5.99. The van der Waals surface area contributed by atoms with Gasteiger partial charge in [-0.15, -0.1) is 0 Å². The molecule has 0 saturated heterocycles. The minimum atomic E-state index is -0.0284. The molecule has 0 aliphatic rings. The first-order chi connectivity index (χ1) is 8.01. The van der Waals surface area contributed by atoms with Gasteiger partial charge in [0.05, 0.1) is 5.56 Å². The van der Waals surface area contributed by atoms with E-state index < -0.39 is 0 Å². The number of amides is 1. The fourth-order valence-corrected chi connectivity index (χ4v) is 1.81. The van der Waals surface area contributed by atoms with Crippen molar-refractivity contribution in [1.82, 2.24) is 4.90 Å². The van der Waals surface area contributed by atoms with Crippen LogP contribution < -0.4 is 11.5 Å². The lowest BCUT2D eigenvalue weighted by molar-refractivity contribution is 0.0701. The van der Waals surface area contributed by atoms with E-state index in [1.165, 1.54) is 0 Å². The van der Waals surface area contributed by atoms with Crippen molar-refractivity contribution in [2.24, 2.45) is 0 Å². The van der Waals surface area contributed by atoms with Gasteiger partial charge in [-0.1, -0.05) is 6.92 Å². The Balaban J connectivity index is 3.02. The lowest BCUT2D eigenvalue weighted by Crippen LogP contribution is -2.38. The summed E-state index contributed by atoms with van der Waals surface area (Å²) >= 11 is 0. The molecule has 0 aromatic heterocycles. The molecule has 1 unspecified atom stereocenters. The molecule has 0 aliphatic heterocycles. The smallest absolute Gasteiger partial charge is 0.256 e. The number of carbonyl (C=O) groups excluding carboxylic acids is 1. The third-order valence-corrected chi connectivity index (χ3v) is 3.03. The number of nitrogen functional groups attached to an aromatic ring is 2. The van der Waals surface area contributed by atoms with E-state index in [0.29, 0.717) is 23.5 Å². The third kappa shape index (κ3) is 2.90. The zero-order valence-electron chi connectivity index (χ0n) is 10.7. The predicted molar refractivity (Wildman–Crippen MR) is 71.7 cm³/mol. The molecule has 0 fully saturated rings. The number of rotatable bonds is 4. The molecule has 17 heavy (non-hydrogen) atoms. The van der Waals surface area contributed by atoms with Crippen molar-refractivity contribution < 1.29 is 4.79 Å². The molecule has 0 heterocycles. The molecule has 4 heteroatoms. The lowest BCUT2D eigenvalue weighted by atomic mass is 10.1. The molecule has 0 saturated carbocycles. The highest BCUT2D eigenvalue weighted by Crippen LogP contribution is 2.19. The Morgan fingerprint density at radius 2 is 2.00 bits per heavy atom. The maximum absolute atomic E-state index is 12.3. The van der Waals surface area contributed by atoms with E-state index in [4.69, 9.17) is 11.5 Å². The van der Waals surface area contributed by atoms with Crippen molar-refractivity contribution in [3.05, 3.63) is 23.8 Å². The van der Waals surface area contributed by atoms with Gasteiger partial charge in [0.2, 0.25) is 0 Å². The highest BCUT2D eigenvalue weighted by atomic mass is 16.2. The van der Waals surface area contributed by atoms with E-state index in [1.807, 2.05) is 18.7 Å². The van der Waals surface area contributed by atoms with Gasteiger partial charge in [0.1, 0.15) is 0 Å². The van der Waals surface area contributed by atoms with Gasteiger partial charge in [-0.2, -0.15) is 0 Å². The Kier molecular flexibility index (Phi) is 4.37. The third-order valence-electron chi connectivity index (χ3n) is 3.03. The van der Waals surface area contributed by atoms with E-state index in [1.54, 1.807) is 18.2 Å². The van der Waals surface area contributed by atoms with Gasteiger partial charge in [0.15, 0.2) is 0 Å². The van der Waals surface area contributed by atoms with Crippen molar-refractivity contribution in [3.8, 4) is 0 Å². The van der Waals surface area contributed by atoms with Gasteiger partial charge in [0.25, 0.3) is 5.91 Å². The van der Waals surface area contributed by atoms with Crippen LogP contribution in [0.2, 0.25) is 0 Å². The number of nitrogens with two attached hydrogens (primary N) is 2. The summed E-state index contributed by atoms with van der Waals surface area (Å²) in [6, 6.07) is 5.23. The Morgan fingerprint density at radius 3 is 2.47 bits per heavy atom. The second kappa shape index (κ2) is 5.57. The fourth-order valence-electron chi connectivity index (χ4n) is 1.81. The molecular weight excluding hydrogens is 214 g/mol. The summed E-state index contributed by atoms with van der Waals surface area (Å²) in [4.78, 5) is 14.1. The van der Waals surface area contributed by atoms with Crippen LogP contribution in [0.25, 0.3) is 0 Å². The molecule has 0 aliphatic carbocycles. The highest BCUT2D eigenvalue weighted by Gasteiger charge is 2.20. The summed E-state index contributed by atoms with van der Waals surface area (Å²) in [7, 11) is 0. The summed E-state index contributed by atoms with van der Waals surface area (Å²) in [6.45, 7) is 6.75. The van der Waals surface area contributed by atoms with E-state index in [0.717, 1.165) is 6.42 Å². The van der Waals surface area contributed by atoms with Gasteiger partial charge < -0.3 is 16.4 Å². The van der Waals surface area contributed by atoms with Crippen molar-refractivity contribution >= 4 is 17.3 Å². The van der Waals surface area contributed by atoms with Crippen LogP contribution in [-0.2, 0) is 0 Å². The Bertz CT molecular complexity index is 404. The average Bonchev–Trinajstić information content (AvgIpc) is 2.29. The van der Waals surface area contributed by atoms with Gasteiger partial charge in [0, 0.05) is 24.0 Å². The monoisotopic (exact) mass is 235 g/mol. The SMILES string of the molecule is CCC(C)N(CC)C(=O)c1ccc(N)cc1N. The molecule has 1 rings (SSSR count). The number of benzene rings is 1. The van der Waals surface area contributed by atoms with Crippen LogP contribution in [-0.4, -0.2) is 23.4 Å². The van der Waals surface area contributed by atoms with Gasteiger partial charge >= 0.3 is 0 Å². The quantitative estimate of drug-likeness (QED) is 0.785. The molecule has 1 amide bonds. The number of carbonyl (C=O) groups is 1. The summed E-state index contributed by atoms with van der Waals surface area (Å²) in [5.74, 6) is -0.0284. The zero-order valence-corrected chi connectivity index (χ0v) is 10.7. The summed E-state index contributed by atoms with van der Waals surface area (Å²) in [6.07, 6.45) is 0.925. The van der Waals surface area contributed by atoms with E-state index in [-0.39, 0.29) is 11.9 Å². The molecule has 0 spiro atoms. The van der Waals surface area contributed by atoms with Gasteiger partial charge in [-0.25, -0.2) is 0 Å². The van der Waals surface area contributed by atoms with Crippen LogP contribution in [0.15, 0.2) is 18.2 Å². The van der Waals surface area contributed by atoms with E-state index in [2.05, 4.69) is 6.92 Å². The van der Waals surface area contributed by atoms with Crippen LogP contribution in [0.1, 0.15) is 37.6 Å². The van der Waals surface area contributed by atoms with Crippen molar-refractivity contribution in [2.45, 2.75) is 33.2 Å². The molecule has 94 valence electrons. The first-order valence-corrected chi connectivity index (χ1v) is 5.97. The first-order valence-electron chi connectivity index (χ1n) is 5.97. The number of hydrogen-bond acceptors (Lipinski definition) is 3. The molecule has 4 N–H and O–H groups in total. The molecular formula is C13H21N3O. The molecule has 1 aromatic rings. The Hall–Kier alpha value is -1.71. The Morgan fingerprint density at radius 1 is 1.35 bits per heavy atom. The lowest BCUT2D eigenvalue weighted by Gasteiger charge is -2.27. The molecule has 1 aromatic carbocycles. The van der Waals surface area contributed by atoms with Crippen LogP contribution in [0.4, 0.5) is 11.4 Å². The van der Waals surface area contributed by atoms with E-state index in [9.17, 15) is 4.79 Å². The first kappa shape index (κ1) is 13.4. The van der Waals surface area contributed by atoms with E-state index >= 15 is 0 Å².